The lowest BCUT2D eigenvalue weighted by molar-refractivity contribution is -0.149. The molecule has 0 saturated heterocycles. The Kier molecular flexibility index (Phi) is 5.68. The number of nitrogens with one attached hydrogen (secondary N) is 1. The Labute approximate surface area is 182 Å². The van der Waals surface area contributed by atoms with Crippen molar-refractivity contribution < 1.29 is 28.6 Å². The van der Waals surface area contributed by atoms with E-state index in [-0.39, 0.29) is 22.7 Å². The Morgan fingerprint density at radius 3 is 2.23 bits per heavy atom. The largest absolute Gasteiger partial charge is 0.459 e. The molecule has 0 bridgehead atoms. The molecule has 0 saturated carbocycles. The van der Waals surface area contributed by atoms with Crippen LogP contribution >= 0.6 is 15.9 Å². The molecule has 1 aromatic rings. The first kappa shape index (κ1) is 21.9. The lowest BCUT2D eigenvalue weighted by Crippen LogP contribution is -2.48. The quantitative estimate of drug-likeness (QED) is 0.500. The van der Waals surface area contributed by atoms with Crippen molar-refractivity contribution in [1.82, 2.24) is 0 Å². The first-order chi connectivity index (χ1) is 14.0. The summed E-state index contributed by atoms with van der Waals surface area (Å²) in [5, 5.41) is 2.93. The number of anilines is 1. The number of cyclic esters (lactones) is 1. The van der Waals surface area contributed by atoms with E-state index in [0.29, 0.717) is 15.7 Å². The molecule has 2 aliphatic rings. The van der Waals surface area contributed by atoms with E-state index in [1.54, 1.807) is 45.9 Å². The van der Waals surface area contributed by atoms with Gasteiger partial charge < -0.3 is 25.3 Å². The molecule has 160 valence electrons. The fourth-order valence-corrected chi connectivity index (χ4v) is 4.05. The van der Waals surface area contributed by atoms with Gasteiger partial charge in [-0.15, -0.1) is 0 Å². The van der Waals surface area contributed by atoms with Crippen molar-refractivity contribution in [1.29, 1.82) is 0 Å². The maximum atomic E-state index is 13.4. The van der Waals surface area contributed by atoms with Gasteiger partial charge in [0.1, 0.15) is 22.7 Å². The van der Waals surface area contributed by atoms with Gasteiger partial charge in [-0.1, -0.05) is 15.9 Å². The normalized spacial score (nSPS) is 20.5. The highest BCUT2D eigenvalue weighted by Crippen LogP contribution is 2.53. The van der Waals surface area contributed by atoms with Gasteiger partial charge in [-0.25, -0.2) is 14.4 Å². The average molecular weight is 479 g/mol. The number of hydrogen-bond donors (Lipinski definition) is 2. The molecule has 3 N–H and O–H groups in total. The highest BCUT2D eigenvalue weighted by molar-refractivity contribution is 9.10. The molecule has 2 heterocycles. The zero-order chi connectivity index (χ0) is 22.4. The Bertz CT molecular complexity index is 1010. The minimum atomic E-state index is -1.92. The van der Waals surface area contributed by atoms with Gasteiger partial charge in [-0.3, -0.25) is 0 Å². The number of rotatable bonds is 4. The van der Waals surface area contributed by atoms with Gasteiger partial charge in [-0.2, -0.15) is 0 Å². The third-order valence-corrected chi connectivity index (χ3v) is 5.17. The molecule has 1 aromatic carbocycles. The van der Waals surface area contributed by atoms with Crippen LogP contribution in [0.15, 0.2) is 45.4 Å². The number of carbonyl (C=O) groups is 3. The van der Waals surface area contributed by atoms with E-state index in [9.17, 15) is 14.4 Å². The number of benzene rings is 1. The summed E-state index contributed by atoms with van der Waals surface area (Å²) in [5.74, 6) is -2.49. The summed E-state index contributed by atoms with van der Waals surface area (Å²) in [6.45, 7) is 8.19. The summed E-state index contributed by atoms with van der Waals surface area (Å²) in [4.78, 5) is 39.6. The minimum Gasteiger partial charge on any atom is -0.459 e. The molecule has 0 fully saturated rings. The predicted molar refractivity (Wildman–Crippen MR) is 112 cm³/mol. The lowest BCUT2D eigenvalue weighted by atomic mass is 9.67. The molecule has 1 unspecified atom stereocenters. The summed E-state index contributed by atoms with van der Waals surface area (Å²) >= 11 is 3.39. The van der Waals surface area contributed by atoms with Crippen molar-refractivity contribution in [2.45, 2.75) is 52.2 Å². The standard InChI is InChI=1S/C21H23BrN2O6/c1-9(2)28-18(25)15-11(5)30-20(27)21(15)13-8-12(22)6-7-14(13)24-17(23)16(21)19(26)29-10(3)4/h6-10,24H,23H2,1-5H3. The lowest BCUT2D eigenvalue weighted by Gasteiger charge is -2.36. The summed E-state index contributed by atoms with van der Waals surface area (Å²) in [6.07, 6.45) is -0.936. The SMILES string of the molecule is CC1=C(C(=O)OC(C)C)C2(C(=O)O1)C(C(=O)OC(C)C)=C(N)Nc1ccc(Br)cc12. The first-order valence-corrected chi connectivity index (χ1v) is 10.2. The van der Waals surface area contributed by atoms with Crippen molar-refractivity contribution in [3.8, 4) is 0 Å². The van der Waals surface area contributed by atoms with E-state index in [2.05, 4.69) is 21.2 Å². The monoisotopic (exact) mass is 478 g/mol. The van der Waals surface area contributed by atoms with Gasteiger partial charge in [0.15, 0.2) is 5.41 Å². The Morgan fingerprint density at radius 2 is 1.67 bits per heavy atom. The van der Waals surface area contributed by atoms with Crippen LogP contribution in [-0.2, 0) is 34.0 Å². The number of nitrogens with two attached hydrogens (primary N) is 1. The van der Waals surface area contributed by atoms with Crippen molar-refractivity contribution in [2.24, 2.45) is 5.73 Å². The van der Waals surface area contributed by atoms with Crippen molar-refractivity contribution in [3.63, 3.8) is 0 Å². The third-order valence-electron chi connectivity index (χ3n) is 4.67. The van der Waals surface area contributed by atoms with Crippen LogP contribution in [0.4, 0.5) is 5.69 Å². The number of ether oxygens (including phenoxy) is 3. The molecule has 0 amide bonds. The number of esters is 3. The highest BCUT2D eigenvalue weighted by atomic mass is 79.9. The second kappa shape index (κ2) is 7.79. The zero-order valence-electron chi connectivity index (χ0n) is 17.3. The Balaban J connectivity index is 2.37. The Hall–Kier alpha value is -2.81. The van der Waals surface area contributed by atoms with E-state index in [0.717, 1.165) is 0 Å². The molecule has 3 rings (SSSR count). The number of hydrogen-bond acceptors (Lipinski definition) is 8. The number of fused-ring (bicyclic) bond motifs is 2. The molecular weight excluding hydrogens is 456 g/mol. The van der Waals surface area contributed by atoms with Crippen LogP contribution in [-0.4, -0.2) is 30.1 Å². The van der Waals surface area contributed by atoms with Crippen molar-refractivity contribution in [2.75, 3.05) is 5.32 Å². The van der Waals surface area contributed by atoms with E-state index in [4.69, 9.17) is 19.9 Å². The molecule has 0 aromatic heterocycles. The second-order valence-corrected chi connectivity index (χ2v) is 8.50. The predicted octanol–water partition coefficient (Wildman–Crippen LogP) is 3.02. The zero-order valence-corrected chi connectivity index (χ0v) is 18.9. The van der Waals surface area contributed by atoms with Gasteiger partial charge in [0.25, 0.3) is 0 Å². The van der Waals surface area contributed by atoms with Gasteiger partial charge in [0.2, 0.25) is 0 Å². The van der Waals surface area contributed by atoms with Crippen LogP contribution in [0.25, 0.3) is 0 Å². The average Bonchev–Trinajstić information content (AvgIpc) is 2.85. The molecule has 9 heteroatoms. The minimum absolute atomic E-state index is 0.0427. The topological polar surface area (TPSA) is 117 Å². The molecule has 2 aliphatic heterocycles. The first-order valence-electron chi connectivity index (χ1n) is 9.43. The molecule has 30 heavy (non-hydrogen) atoms. The van der Waals surface area contributed by atoms with Crippen LogP contribution in [0.3, 0.4) is 0 Å². The fourth-order valence-electron chi connectivity index (χ4n) is 3.69. The molecule has 8 nitrogen and oxygen atoms in total. The Morgan fingerprint density at radius 1 is 1.10 bits per heavy atom. The molecule has 1 atom stereocenters. The van der Waals surface area contributed by atoms with Crippen LogP contribution in [0.2, 0.25) is 0 Å². The van der Waals surface area contributed by atoms with Gasteiger partial charge in [-0.05, 0) is 52.8 Å². The summed E-state index contributed by atoms with van der Waals surface area (Å²) < 4.78 is 16.8. The van der Waals surface area contributed by atoms with Crippen molar-refractivity contribution >= 4 is 39.5 Å². The summed E-state index contributed by atoms with van der Waals surface area (Å²) in [5.41, 5.74) is 4.77. The van der Waals surface area contributed by atoms with Crippen LogP contribution in [0.5, 0.6) is 0 Å². The van der Waals surface area contributed by atoms with Crippen molar-refractivity contribution in [3.05, 3.63) is 51.0 Å². The van der Waals surface area contributed by atoms with E-state index in [1.807, 2.05) is 0 Å². The molecule has 0 aliphatic carbocycles. The van der Waals surface area contributed by atoms with Gasteiger partial charge in [0, 0.05) is 15.7 Å². The second-order valence-electron chi connectivity index (χ2n) is 7.58. The molecular formula is C21H23BrN2O6. The van der Waals surface area contributed by atoms with E-state index < -0.39 is 35.5 Å². The fraction of sp³-hybridized carbons (Fsp3) is 0.381. The van der Waals surface area contributed by atoms with Crippen LogP contribution in [0, 0.1) is 0 Å². The van der Waals surface area contributed by atoms with Crippen LogP contribution < -0.4 is 11.1 Å². The van der Waals surface area contributed by atoms with Crippen LogP contribution in [0.1, 0.15) is 40.2 Å². The molecule has 1 spiro atoms. The van der Waals surface area contributed by atoms with Gasteiger partial charge >= 0.3 is 17.9 Å². The van der Waals surface area contributed by atoms with Gasteiger partial charge in [0.05, 0.1) is 12.2 Å². The summed E-state index contributed by atoms with van der Waals surface area (Å²) in [7, 11) is 0. The van der Waals surface area contributed by atoms with E-state index in [1.165, 1.54) is 6.92 Å². The summed E-state index contributed by atoms with van der Waals surface area (Å²) in [6, 6.07) is 5.07. The number of halogens is 1. The number of allylic oxidation sites excluding steroid dienone is 1. The third kappa shape index (κ3) is 3.36. The maximum Gasteiger partial charge on any atom is 0.339 e. The highest BCUT2D eigenvalue weighted by Gasteiger charge is 2.63. The van der Waals surface area contributed by atoms with E-state index >= 15 is 0 Å². The molecule has 0 radical (unpaired) electrons. The number of carbonyl (C=O) groups excluding carboxylic acids is 3. The maximum absolute atomic E-state index is 13.4. The smallest absolute Gasteiger partial charge is 0.339 e.